The highest BCUT2D eigenvalue weighted by Crippen LogP contribution is 2.38. The third-order valence-electron chi connectivity index (χ3n) is 4.73. The Balaban J connectivity index is 1.80. The van der Waals surface area contributed by atoms with Crippen molar-refractivity contribution in [1.82, 2.24) is 5.32 Å². The van der Waals surface area contributed by atoms with Crippen LogP contribution >= 0.6 is 0 Å². The number of rotatable bonds is 6. The van der Waals surface area contributed by atoms with Crippen LogP contribution in [0.1, 0.15) is 58.3 Å². The molecule has 0 heterocycles. The lowest BCUT2D eigenvalue weighted by Crippen LogP contribution is -2.34. The van der Waals surface area contributed by atoms with E-state index in [0.29, 0.717) is 0 Å². The van der Waals surface area contributed by atoms with Crippen molar-refractivity contribution in [3.8, 4) is 12.3 Å². The van der Waals surface area contributed by atoms with Crippen LogP contribution in [0, 0.1) is 30.1 Å². The van der Waals surface area contributed by atoms with Crippen molar-refractivity contribution in [1.29, 1.82) is 0 Å². The average Bonchev–Trinajstić information content (AvgIpc) is 3.18. The first kappa shape index (κ1) is 13.0. The first-order chi connectivity index (χ1) is 8.33. The van der Waals surface area contributed by atoms with Crippen LogP contribution in [0.5, 0.6) is 0 Å². The quantitative estimate of drug-likeness (QED) is 0.691. The Labute approximate surface area is 107 Å². The second-order valence-corrected chi connectivity index (χ2v) is 6.03. The summed E-state index contributed by atoms with van der Waals surface area (Å²) in [5, 5.41) is 3.71. The molecular formula is C16H27N. The van der Waals surface area contributed by atoms with Crippen molar-refractivity contribution in [3.63, 3.8) is 0 Å². The van der Waals surface area contributed by atoms with Gasteiger partial charge in [0.2, 0.25) is 0 Å². The number of nitrogens with one attached hydrogen (secondary N) is 1. The zero-order valence-corrected chi connectivity index (χ0v) is 11.3. The van der Waals surface area contributed by atoms with Gasteiger partial charge < -0.3 is 5.32 Å². The predicted octanol–water partition coefficient (Wildman–Crippen LogP) is 3.59. The zero-order chi connectivity index (χ0) is 12.1. The standard InChI is InChI=1S/C16H27N/c1-3-5-6-14-11-13(4-2)7-8-15(14)12-17-16-9-10-16/h1,13-17H,4-12H2,2H3. The Hall–Kier alpha value is -0.480. The SMILES string of the molecule is C#CCCC1CC(CC)CCC1CNC1CC1. The van der Waals surface area contributed by atoms with Crippen molar-refractivity contribution in [2.24, 2.45) is 17.8 Å². The molecule has 0 radical (unpaired) electrons. The number of terminal acetylenes is 1. The van der Waals surface area contributed by atoms with Gasteiger partial charge in [-0.15, -0.1) is 12.3 Å². The van der Waals surface area contributed by atoms with Gasteiger partial charge in [0, 0.05) is 12.5 Å². The average molecular weight is 233 g/mol. The van der Waals surface area contributed by atoms with Crippen LogP contribution in [0.25, 0.3) is 0 Å². The van der Waals surface area contributed by atoms with Crippen LogP contribution in [0.2, 0.25) is 0 Å². The summed E-state index contributed by atoms with van der Waals surface area (Å²) in [6, 6.07) is 0.854. The van der Waals surface area contributed by atoms with E-state index in [2.05, 4.69) is 18.2 Å². The molecular weight excluding hydrogens is 206 g/mol. The Morgan fingerprint density at radius 2 is 2.00 bits per heavy atom. The summed E-state index contributed by atoms with van der Waals surface area (Å²) in [6.07, 6.45) is 16.1. The van der Waals surface area contributed by atoms with Gasteiger partial charge in [-0.1, -0.05) is 19.8 Å². The fraction of sp³-hybridized carbons (Fsp3) is 0.875. The van der Waals surface area contributed by atoms with Crippen molar-refractivity contribution in [2.75, 3.05) is 6.54 Å². The molecule has 2 aliphatic carbocycles. The van der Waals surface area contributed by atoms with Gasteiger partial charge in [0.15, 0.2) is 0 Å². The summed E-state index contributed by atoms with van der Waals surface area (Å²) in [4.78, 5) is 0. The molecule has 2 aliphatic rings. The molecule has 3 unspecified atom stereocenters. The van der Waals surface area contributed by atoms with E-state index < -0.39 is 0 Å². The topological polar surface area (TPSA) is 12.0 Å². The molecule has 1 nitrogen and oxygen atoms in total. The molecule has 2 fully saturated rings. The Kier molecular flexibility index (Phi) is 4.92. The first-order valence-electron chi connectivity index (χ1n) is 7.50. The van der Waals surface area contributed by atoms with Gasteiger partial charge in [-0.25, -0.2) is 0 Å². The van der Waals surface area contributed by atoms with E-state index >= 15 is 0 Å². The van der Waals surface area contributed by atoms with E-state index in [-0.39, 0.29) is 0 Å². The van der Waals surface area contributed by atoms with E-state index in [1.165, 1.54) is 51.5 Å². The molecule has 1 heteroatoms. The first-order valence-corrected chi connectivity index (χ1v) is 7.50. The molecule has 2 rings (SSSR count). The van der Waals surface area contributed by atoms with Crippen molar-refractivity contribution in [2.45, 2.75) is 64.3 Å². The summed E-state index contributed by atoms with van der Waals surface area (Å²) in [5.74, 6) is 5.57. The molecule has 2 saturated carbocycles. The normalized spacial score (nSPS) is 33.3. The van der Waals surface area contributed by atoms with Gasteiger partial charge >= 0.3 is 0 Å². The van der Waals surface area contributed by atoms with E-state index in [1.54, 1.807) is 0 Å². The minimum Gasteiger partial charge on any atom is -0.314 e. The molecule has 0 aromatic heterocycles. The van der Waals surface area contributed by atoms with Crippen LogP contribution in [-0.2, 0) is 0 Å². The zero-order valence-electron chi connectivity index (χ0n) is 11.3. The highest BCUT2D eigenvalue weighted by Gasteiger charge is 2.30. The Morgan fingerprint density at radius 3 is 2.65 bits per heavy atom. The molecule has 0 aromatic carbocycles. The van der Waals surface area contributed by atoms with Crippen LogP contribution < -0.4 is 5.32 Å². The lowest BCUT2D eigenvalue weighted by Gasteiger charge is -2.36. The third kappa shape index (κ3) is 4.03. The minimum absolute atomic E-state index is 0.854. The van der Waals surface area contributed by atoms with Crippen LogP contribution in [0.15, 0.2) is 0 Å². The van der Waals surface area contributed by atoms with E-state index in [1.807, 2.05) is 0 Å². The Bertz CT molecular complexity index is 261. The van der Waals surface area contributed by atoms with Gasteiger partial charge in [-0.3, -0.25) is 0 Å². The maximum atomic E-state index is 5.42. The number of hydrogen-bond donors (Lipinski definition) is 1. The molecule has 3 atom stereocenters. The molecule has 0 amide bonds. The highest BCUT2D eigenvalue weighted by molar-refractivity contribution is 4.89. The second-order valence-electron chi connectivity index (χ2n) is 6.03. The van der Waals surface area contributed by atoms with Crippen molar-refractivity contribution >= 4 is 0 Å². The summed E-state index contributed by atoms with van der Waals surface area (Å²) < 4.78 is 0. The van der Waals surface area contributed by atoms with Crippen LogP contribution in [0.4, 0.5) is 0 Å². The molecule has 96 valence electrons. The summed E-state index contributed by atoms with van der Waals surface area (Å²) in [5.41, 5.74) is 0. The highest BCUT2D eigenvalue weighted by atomic mass is 14.9. The van der Waals surface area contributed by atoms with E-state index in [0.717, 1.165) is 30.2 Å². The fourth-order valence-corrected chi connectivity index (χ4v) is 3.29. The fourth-order valence-electron chi connectivity index (χ4n) is 3.29. The molecule has 17 heavy (non-hydrogen) atoms. The van der Waals surface area contributed by atoms with Gasteiger partial charge in [-0.05, 0) is 56.4 Å². The maximum Gasteiger partial charge on any atom is 0.00888 e. The largest absolute Gasteiger partial charge is 0.314 e. The van der Waals surface area contributed by atoms with E-state index in [4.69, 9.17) is 6.42 Å². The molecule has 0 spiro atoms. The Morgan fingerprint density at radius 1 is 1.18 bits per heavy atom. The van der Waals surface area contributed by atoms with Crippen molar-refractivity contribution in [3.05, 3.63) is 0 Å². The predicted molar refractivity (Wildman–Crippen MR) is 73.7 cm³/mol. The molecule has 1 N–H and O–H groups in total. The van der Waals surface area contributed by atoms with Crippen LogP contribution in [0.3, 0.4) is 0 Å². The number of hydrogen-bond acceptors (Lipinski definition) is 1. The third-order valence-corrected chi connectivity index (χ3v) is 4.73. The van der Waals surface area contributed by atoms with Crippen LogP contribution in [-0.4, -0.2) is 12.6 Å². The van der Waals surface area contributed by atoms with E-state index in [9.17, 15) is 0 Å². The smallest absolute Gasteiger partial charge is 0.00888 e. The molecule has 0 bridgehead atoms. The molecule has 0 saturated heterocycles. The molecule has 0 aromatic rings. The lowest BCUT2D eigenvalue weighted by molar-refractivity contribution is 0.164. The van der Waals surface area contributed by atoms with Crippen molar-refractivity contribution < 1.29 is 0 Å². The summed E-state index contributed by atoms with van der Waals surface area (Å²) in [6.45, 7) is 3.59. The second kappa shape index (κ2) is 6.45. The molecule has 0 aliphatic heterocycles. The van der Waals surface area contributed by atoms with Gasteiger partial charge in [0.1, 0.15) is 0 Å². The summed E-state index contributed by atoms with van der Waals surface area (Å²) >= 11 is 0. The minimum atomic E-state index is 0.854. The lowest BCUT2D eigenvalue weighted by atomic mass is 9.71. The van der Waals surface area contributed by atoms with Gasteiger partial charge in [0.05, 0.1) is 0 Å². The monoisotopic (exact) mass is 233 g/mol. The maximum absolute atomic E-state index is 5.42. The summed E-state index contributed by atoms with van der Waals surface area (Å²) in [7, 11) is 0. The van der Waals surface area contributed by atoms with Gasteiger partial charge in [-0.2, -0.15) is 0 Å². The van der Waals surface area contributed by atoms with Gasteiger partial charge in [0.25, 0.3) is 0 Å².